The standard InChI is InChI=1S/C23H20ClFN4O2/c1-22(2)13-7-9-23(22,17-8-10-26-20(27-17)21(30)31-3)19-12(13)11-16(28-29-19)18-14(24)5-4-6-15(18)25/h4-6,8,10-11,13H,7,9H2,1-3H3/t13-,23-/m0/s1. The Morgan fingerprint density at radius 2 is 2.06 bits per heavy atom. The van der Waals surface area contributed by atoms with Gasteiger partial charge in [-0.3, -0.25) is 0 Å². The minimum absolute atomic E-state index is 0.0183. The van der Waals surface area contributed by atoms with Crippen molar-refractivity contribution in [2.45, 2.75) is 38.0 Å². The predicted molar refractivity (Wildman–Crippen MR) is 112 cm³/mol. The zero-order valence-corrected chi connectivity index (χ0v) is 18.1. The number of fused-ring (bicyclic) bond motifs is 5. The average Bonchev–Trinajstić information content (AvgIpc) is 3.14. The average molecular weight is 439 g/mol. The SMILES string of the molecule is COC(=O)c1nccc([C@@]23CC[C@@H](c4cc(-c5c(F)cccc5Cl)nnc42)C3(C)C)n1. The second kappa shape index (κ2) is 6.79. The van der Waals surface area contributed by atoms with Crippen LogP contribution in [0, 0.1) is 11.2 Å². The van der Waals surface area contributed by atoms with Gasteiger partial charge in [0, 0.05) is 6.20 Å². The highest BCUT2D eigenvalue weighted by molar-refractivity contribution is 6.33. The number of benzene rings is 1. The number of nitrogens with zero attached hydrogens (tertiary/aromatic N) is 4. The summed E-state index contributed by atoms with van der Waals surface area (Å²) in [5.74, 6) is -0.805. The summed E-state index contributed by atoms with van der Waals surface area (Å²) < 4.78 is 19.3. The van der Waals surface area contributed by atoms with Gasteiger partial charge in [-0.1, -0.05) is 31.5 Å². The number of carbonyl (C=O) groups is 1. The van der Waals surface area contributed by atoms with E-state index in [0.717, 1.165) is 29.8 Å². The molecule has 1 saturated carbocycles. The van der Waals surface area contributed by atoms with E-state index in [4.69, 9.17) is 16.3 Å². The van der Waals surface area contributed by atoms with Crippen molar-refractivity contribution in [1.29, 1.82) is 0 Å². The van der Waals surface area contributed by atoms with Gasteiger partial charge < -0.3 is 4.74 Å². The van der Waals surface area contributed by atoms with Gasteiger partial charge in [0.05, 0.1) is 40.2 Å². The molecule has 2 aliphatic rings. The maximum atomic E-state index is 14.5. The molecule has 0 amide bonds. The van der Waals surface area contributed by atoms with Crippen molar-refractivity contribution < 1.29 is 13.9 Å². The summed E-state index contributed by atoms with van der Waals surface area (Å²) in [5, 5.41) is 9.25. The zero-order valence-electron chi connectivity index (χ0n) is 17.3. The minimum Gasteiger partial charge on any atom is -0.463 e. The van der Waals surface area contributed by atoms with Crippen LogP contribution in [-0.2, 0) is 10.2 Å². The van der Waals surface area contributed by atoms with E-state index in [1.807, 2.05) is 12.1 Å². The Morgan fingerprint density at radius 1 is 1.26 bits per heavy atom. The molecular formula is C23H20ClFN4O2. The summed E-state index contributed by atoms with van der Waals surface area (Å²) in [5.41, 5.74) is 2.48. The molecule has 2 aliphatic carbocycles. The van der Waals surface area contributed by atoms with E-state index >= 15 is 0 Å². The highest BCUT2D eigenvalue weighted by Gasteiger charge is 2.65. The Balaban J connectivity index is 1.70. The number of methoxy groups -OCH3 is 1. The van der Waals surface area contributed by atoms with E-state index < -0.39 is 17.2 Å². The number of ether oxygens (including phenoxy) is 1. The number of halogens is 2. The maximum Gasteiger partial charge on any atom is 0.376 e. The van der Waals surface area contributed by atoms with Crippen molar-refractivity contribution in [3.05, 3.63) is 70.1 Å². The van der Waals surface area contributed by atoms with Gasteiger partial charge in [0.2, 0.25) is 5.82 Å². The van der Waals surface area contributed by atoms with E-state index in [0.29, 0.717) is 10.7 Å². The van der Waals surface area contributed by atoms with Crippen molar-refractivity contribution in [1.82, 2.24) is 20.2 Å². The first-order chi connectivity index (χ1) is 14.8. The Hall–Kier alpha value is -2.93. The van der Waals surface area contributed by atoms with Crippen LogP contribution in [0.25, 0.3) is 11.3 Å². The fraction of sp³-hybridized carbons (Fsp3) is 0.348. The first-order valence-corrected chi connectivity index (χ1v) is 10.4. The third-order valence-corrected chi connectivity index (χ3v) is 7.38. The van der Waals surface area contributed by atoms with Gasteiger partial charge in [0.25, 0.3) is 0 Å². The number of hydrogen-bond donors (Lipinski definition) is 0. The van der Waals surface area contributed by atoms with Crippen LogP contribution >= 0.6 is 11.6 Å². The lowest BCUT2D eigenvalue weighted by Gasteiger charge is -2.37. The molecule has 0 N–H and O–H groups in total. The summed E-state index contributed by atoms with van der Waals surface area (Å²) in [7, 11) is 1.30. The molecule has 2 atom stereocenters. The molecule has 1 fully saturated rings. The van der Waals surface area contributed by atoms with Gasteiger partial charge in [-0.05, 0) is 54.0 Å². The second-order valence-electron chi connectivity index (χ2n) is 8.61. The van der Waals surface area contributed by atoms with E-state index in [1.165, 1.54) is 13.2 Å². The molecule has 0 aliphatic heterocycles. The molecular weight excluding hydrogens is 419 g/mol. The fourth-order valence-electron chi connectivity index (χ4n) is 5.54. The van der Waals surface area contributed by atoms with Crippen LogP contribution in [0.15, 0.2) is 36.5 Å². The molecule has 0 unspecified atom stereocenters. The Kier molecular flexibility index (Phi) is 4.38. The van der Waals surface area contributed by atoms with Crippen LogP contribution in [0.1, 0.15) is 60.2 Å². The highest BCUT2D eigenvalue weighted by Crippen LogP contribution is 2.69. The van der Waals surface area contributed by atoms with Crippen LogP contribution in [0.5, 0.6) is 0 Å². The molecule has 0 saturated heterocycles. The van der Waals surface area contributed by atoms with Gasteiger partial charge in [0.15, 0.2) is 0 Å². The molecule has 3 aromatic rings. The molecule has 158 valence electrons. The van der Waals surface area contributed by atoms with Crippen LogP contribution < -0.4 is 0 Å². The lowest BCUT2D eigenvalue weighted by Crippen LogP contribution is -2.38. The zero-order chi connectivity index (χ0) is 22.0. The lowest BCUT2D eigenvalue weighted by molar-refractivity contribution is 0.0585. The van der Waals surface area contributed by atoms with Gasteiger partial charge in [0.1, 0.15) is 5.82 Å². The fourth-order valence-corrected chi connectivity index (χ4v) is 5.80. The van der Waals surface area contributed by atoms with Crippen molar-refractivity contribution in [3.8, 4) is 11.3 Å². The number of carbonyl (C=O) groups excluding carboxylic acids is 1. The van der Waals surface area contributed by atoms with Crippen LogP contribution in [-0.4, -0.2) is 33.2 Å². The molecule has 2 bridgehead atoms. The number of aromatic nitrogens is 4. The quantitative estimate of drug-likeness (QED) is 0.551. The molecule has 0 spiro atoms. The third kappa shape index (κ3) is 2.59. The summed E-state index contributed by atoms with van der Waals surface area (Å²) in [6.45, 7) is 4.37. The lowest BCUT2D eigenvalue weighted by atomic mass is 9.66. The molecule has 2 aromatic heterocycles. The van der Waals surface area contributed by atoms with Crippen molar-refractivity contribution in [2.24, 2.45) is 5.41 Å². The van der Waals surface area contributed by atoms with Crippen molar-refractivity contribution >= 4 is 17.6 Å². The molecule has 5 rings (SSSR count). The first-order valence-electron chi connectivity index (χ1n) is 10.1. The monoisotopic (exact) mass is 438 g/mol. The third-order valence-electron chi connectivity index (χ3n) is 7.06. The predicted octanol–water partition coefficient (Wildman–Crippen LogP) is 4.72. The Labute approximate surface area is 183 Å². The van der Waals surface area contributed by atoms with E-state index in [1.54, 1.807) is 18.3 Å². The normalized spacial score (nSPS) is 22.9. The molecule has 8 heteroatoms. The molecule has 6 nitrogen and oxygen atoms in total. The van der Waals surface area contributed by atoms with E-state index in [9.17, 15) is 9.18 Å². The van der Waals surface area contributed by atoms with Gasteiger partial charge in [-0.15, -0.1) is 0 Å². The van der Waals surface area contributed by atoms with E-state index in [-0.39, 0.29) is 22.7 Å². The number of hydrogen-bond acceptors (Lipinski definition) is 6. The highest BCUT2D eigenvalue weighted by atomic mass is 35.5. The summed E-state index contributed by atoms with van der Waals surface area (Å²) >= 11 is 6.27. The van der Waals surface area contributed by atoms with Crippen LogP contribution in [0.3, 0.4) is 0 Å². The van der Waals surface area contributed by atoms with Gasteiger partial charge in [-0.2, -0.15) is 10.2 Å². The smallest absolute Gasteiger partial charge is 0.376 e. The maximum absolute atomic E-state index is 14.5. The Morgan fingerprint density at radius 3 is 2.81 bits per heavy atom. The topological polar surface area (TPSA) is 77.9 Å². The number of esters is 1. The van der Waals surface area contributed by atoms with Gasteiger partial charge in [-0.25, -0.2) is 19.2 Å². The summed E-state index contributed by atoms with van der Waals surface area (Å²) in [6.07, 6.45) is 3.32. The molecule has 1 aromatic carbocycles. The molecule has 2 heterocycles. The molecule has 31 heavy (non-hydrogen) atoms. The second-order valence-corrected chi connectivity index (χ2v) is 9.01. The van der Waals surface area contributed by atoms with Gasteiger partial charge >= 0.3 is 5.97 Å². The van der Waals surface area contributed by atoms with Crippen molar-refractivity contribution in [2.75, 3.05) is 7.11 Å². The summed E-state index contributed by atoms with van der Waals surface area (Å²) in [4.78, 5) is 20.7. The van der Waals surface area contributed by atoms with Crippen molar-refractivity contribution in [3.63, 3.8) is 0 Å². The Bertz CT molecular complexity index is 1210. The number of rotatable bonds is 3. The minimum atomic E-state index is -0.584. The van der Waals surface area contributed by atoms with Crippen LogP contribution in [0.4, 0.5) is 4.39 Å². The largest absolute Gasteiger partial charge is 0.463 e. The summed E-state index contributed by atoms with van der Waals surface area (Å²) in [6, 6.07) is 8.30. The van der Waals surface area contributed by atoms with E-state index in [2.05, 4.69) is 34.0 Å². The first kappa shape index (κ1) is 20.0. The van der Waals surface area contributed by atoms with Crippen LogP contribution in [0.2, 0.25) is 5.02 Å². The molecule has 0 radical (unpaired) electrons.